The van der Waals surface area contributed by atoms with E-state index < -0.39 is 17.7 Å². The second-order valence-corrected chi connectivity index (χ2v) is 9.51. The fourth-order valence-electron chi connectivity index (χ4n) is 2.71. The molecular weight excluding hydrogens is 618 g/mol. The fourth-order valence-corrected chi connectivity index (χ4v) is 3.96. The van der Waals surface area contributed by atoms with E-state index in [1.807, 2.05) is 0 Å². The van der Waals surface area contributed by atoms with Crippen molar-refractivity contribution in [3.8, 4) is 5.75 Å². The highest BCUT2D eigenvalue weighted by atomic mass is 79.9. The maximum Gasteiger partial charge on any atom is 0.329 e. The molecule has 0 atom stereocenters. The summed E-state index contributed by atoms with van der Waals surface area (Å²) in [5, 5.41) is 9.82. The summed E-state index contributed by atoms with van der Waals surface area (Å²) in [4.78, 5) is 36.5. The Bertz CT molecular complexity index is 1330. The highest BCUT2D eigenvalue weighted by molar-refractivity contribution is 9.10. The van der Waals surface area contributed by atoms with Gasteiger partial charge in [-0.25, -0.2) is 5.43 Å². The summed E-state index contributed by atoms with van der Waals surface area (Å²) in [6, 6.07) is 14.2. The SMILES string of the molecule is O=C(COc1ccc(Br)cc1/C=N\NC(=O)C(=O)Nc1cccc(Cl)c1Cl)Nc1cc(Cl)cc(Cl)c1. The molecule has 0 heterocycles. The number of nitrogens with zero attached hydrogens (tertiary/aromatic N) is 1. The Labute approximate surface area is 234 Å². The number of anilines is 2. The zero-order chi connectivity index (χ0) is 26.2. The lowest BCUT2D eigenvalue weighted by atomic mass is 10.2. The van der Waals surface area contributed by atoms with Crippen LogP contribution in [0.5, 0.6) is 5.75 Å². The molecule has 0 aliphatic carbocycles. The van der Waals surface area contributed by atoms with Gasteiger partial charge in [0.1, 0.15) is 5.75 Å². The van der Waals surface area contributed by atoms with Crippen LogP contribution in [0.4, 0.5) is 11.4 Å². The van der Waals surface area contributed by atoms with Gasteiger partial charge in [0, 0.05) is 25.8 Å². The van der Waals surface area contributed by atoms with E-state index >= 15 is 0 Å². The minimum atomic E-state index is -1.04. The van der Waals surface area contributed by atoms with Gasteiger partial charge in [-0.2, -0.15) is 5.10 Å². The molecule has 3 aromatic rings. The third-order valence-electron chi connectivity index (χ3n) is 4.25. The molecule has 0 aliphatic heterocycles. The summed E-state index contributed by atoms with van der Waals surface area (Å²) < 4.78 is 6.27. The Morgan fingerprint density at radius 1 is 0.917 bits per heavy atom. The average molecular weight is 633 g/mol. The van der Waals surface area contributed by atoms with Crippen LogP contribution >= 0.6 is 62.3 Å². The first-order valence-corrected chi connectivity index (χ1v) is 12.2. The molecule has 0 bridgehead atoms. The number of ether oxygens (including phenoxy) is 1. The predicted molar refractivity (Wildman–Crippen MR) is 146 cm³/mol. The van der Waals surface area contributed by atoms with Crippen LogP contribution in [-0.2, 0) is 14.4 Å². The molecule has 0 aliphatic rings. The van der Waals surface area contributed by atoms with Gasteiger partial charge in [0.05, 0.1) is 21.9 Å². The molecule has 0 radical (unpaired) electrons. The molecule has 186 valence electrons. The van der Waals surface area contributed by atoms with E-state index in [9.17, 15) is 14.4 Å². The highest BCUT2D eigenvalue weighted by Gasteiger charge is 2.15. The van der Waals surface area contributed by atoms with E-state index in [1.54, 1.807) is 36.4 Å². The van der Waals surface area contributed by atoms with Crippen molar-refractivity contribution in [1.82, 2.24) is 5.43 Å². The lowest BCUT2D eigenvalue weighted by molar-refractivity contribution is -0.136. The Balaban J connectivity index is 1.60. The number of rotatable bonds is 7. The van der Waals surface area contributed by atoms with Crippen molar-refractivity contribution in [2.24, 2.45) is 5.10 Å². The number of benzene rings is 3. The van der Waals surface area contributed by atoms with Gasteiger partial charge in [0.15, 0.2) is 6.61 Å². The molecule has 8 nitrogen and oxygen atoms in total. The van der Waals surface area contributed by atoms with Crippen LogP contribution in [0, 0.1) is 0 Å². The first-order chi connectivity index (χ1) is 17.1. The zero-order valence-electron chi connectivity index (χ0n) is 18.0. The molecule has 0 unspecified atom stereocenters. The molecule has 3 amide bonds. The van der Waals surface area contributed by atoms with Crippen LogP contribution in [0.3, 0.4) is 0 Å². The van der Waals surface area contributed by atoms with Crippen molar-refractivity contribution in [1.29, 1.82) is 0 Å². The first-order valence-electron chi connectivity index (χ1n) is 9.89. The number of amides is 3. The Hall–Kier alpha value is -2.82. The monoisotopic (exact) mass is 630 g/mol. The van der Waals surface area contributed by atoms with Gasteiger partial charge >= 0.3 is 11.8 Å². The summed E-state index contributed by atoms with van der Waals surface area (Å²) in [5.74, 6) is -2.20. The van der Waals surface area contributed by atoms with Crippen LogP contribution in [0.25, 0.3) is 0 Å². The molecule has 0 aromatic heterocycles. The molecule has 3 rings (SSSR count). The Morgan fingerprint density at radius 3 is 2.36 bits per heavy atom. The molecule has 3 N–H and O–H groups in total. The maximum absolute atomic E-state index is 12.3. The third-order valence-corrected chi connectivity index (χ3v) is 6.00. The largest absolute Gasteiger partial charge is 0.483 e. The second kappa shape index (κ2) is 12.9. The molecular formula is C23H15BrCl4N4O4. The fraction of sp³-hybridized carbons (Fsp3) is 0.0435. The quantitative estimate of drug-likeness (QED) is 0.164. The van der Waals surface area contributed by atoms with Gasteiger partial charge in [-0.15, -0.1) is 0 Å². The van der Waals surface area contributed by atoms with Crippen LogP contribution in [-0.4, -0.2) is 30.5 Å². The Morgan fingerprint density at radius 2 is 1.64 bits per heavy atom. The van der Waals surface area contributed by atoms with Gasteiger partial charge < -0.3 is 15.4 Å². The predicted octanol–water partition coefficient (Wildman–Crippen LogP) is 6.17. The summed E-state index contributed by atoms with van der Waals surface area (Å²) in [7, 11) is 0. The standard InChI is InChI=1S/C23H15BrCl4N4O4/c24-13-4-5-19(36-11-20(33)30-16-8-14(25)7-15(26)9-16)12(6-13)10-29-32-23(35)22(34)31-18-3-1-2-17(27)21(18)28/h1-10H,11H2,(H,30,33)(H,31,34)(H,32,35)/b29-10-. The number of carbonyl (C=O) groups excluding carboxylic acids is 3. The van der Waals surface area contributed by atoms with E-state index in [2.05, 4.69) is 37.1 Å². The molecule has 0 saturated carbocycles. The van der Waals surface area contributed by atoms with Crippen molar-refractivity contribution in [2.75, 3.05) is 17.2 Å². The molecule has 13 heteroatoms. The number of hydrogen-bond donors (Lipinski definition) is 3. The lowest BCUT2D eigenvalue weighted by Gasteiger charge is -2.11. The molecule has 0 saturated heterocycles. The third kappa shape index (κ3) is 8.11. The highest BCUT2D eigenvalue weighted by Crippen LogP contribution is 2.29. The van der Waals surface area contributed by atoms with E-state index in [4.69, 9.17) is 51.1 Å². The van der Waals surface area contributed by atoms with E-state index in [0.29, 0.717) is 31.5 Å². The van der Waals surface area contributed by atoms with Crippen LogP contribution < -0.4 is 20.8 Å². The normalized spacial score (nSPS) is 10.7. The van der Waals surface area contributed by atoms with Crippen LogP contribution in [0.1, 0.15) is 5.56 Å². The lowest BCUT2D eigenvalue weighted by Crippen LogP contribution is -2.32. The van der Waals surface area contributed by atoms with Crippen LogP contribution in [0.2, 0.25) is 20.1 Å². The van der Waals surface area contributed by atoms with Gasteiger partial charge in [-0.05, 0) is 48.5 Å². The zero-order valence-corrected chi connectivity index (χ0v) is 22.6. The molecule has 0 spiro atoms. The van der Waals surface area contributed by atoms with Gasteiger partial charge in [-0.3, -0.25) is 14.4 Å². The molecule has 36 heavy (non-hydrogen) atoms. The second-order valence-electron chi connectivity index (χ2n) is 6.93. The van der Waals surface area contributed by atoms with E-state index in [-0.39, 0.29) is 22.3 Å². The van der Waals surface area contributed by atoms with Crippen LogP contribution in [0.15, 0.2) is 64.2 Å². The van der Waals surface area contributed by atoms with Crippen molar-refractivity contribution in [2.45, 2.75) is 0 Å². The number of hydrazone groups is 1. The topological polar surface area (TPSA) is 109 Å². The van der Waals surface area contributed by atoms with Crippen molar-refractivity contribution >= 4 is 97.6 Å². The van der Waals surface area contributed by atoms with Gasteiger partial charge in [-0.1, -0.05) is 68.4 Å². The van der Waals surface area contributed by atoms with Crippen molar-refractivity contribution in [3.05, 3.63) is 84.7 Å². The van der Waals surface area contributed by atoms with Crippen molar-refractivity contribution < 1.29 is 19.1 Å². The average Bonchev–Trinajstić information content (AvgIpc) is 2.80. The van der Waals surface area contributed by atoms with E-state index in [1.165, 1.54) is 24.4 Å². The number of nitrogens with one attached hydrogen (secondary N) is 3. The number of halogens is 5. The summed E-state index contributed by atoms with van der Waals surface area (Å²) in [6.07, 6.45) is 1.26. The van der Waals surface area contributed by atoms with Gasteiger partial charge in [0.2, 0.25) is 0 Å². The first kappa shape index (κ1) is 27.8. The maximum atomic E-state index is 12.3. The summed E-state index contributed by atoms with van der Waals surface area (Å²) >= 11 is 27.1. The van der Waals surface area contributed by atoms with Gasteiger partial charge in [0.25, 0.3) is 5.91 Å². The van der Waals surface area contributed by atoms with E-state index in [0.717, 1.165) is 0 Å². The summed E-state index contributed by atoms with van der Waals surface area (Å²) in [6.45, 7) is -0.332. The number of carbonyl (C=O) groups is 3. The minimum absolute atomic E-state index is 0.0993. The smallest absolute Gasteiger partial charge is 0.329 e. The minimum Gasteiger partial charge on any atom is -0.483 e. The molecule has 3 aromatic carbocycles. The Kier molecular flexibility index (Phi) is 9.98. The van der Waals surface area contributed by atoms with Crippen molar-refractivity contribution in [3.63, 3.8) is 0 Å². The summed E-state index contributed by atoms with van der Waals surface area (Å²) in [5.41, 5.74) is 3.12. The molecule has 0 fully saturated rings. The number of hydrogen-bond acceptors (Lipinski definition) is 5.